The molecule has 4 nitrogen and oxygen atoms in total. The SMILES string of the molecule is COCC(O)CNCc1ccc(-c2cccc(Br)c2)o1. The molecule has 20 heavy (non-hydrogen) atoms. The van der Waals surface area contributed by atoms with Gasteiger partial charge in [0.25, 0.3) is 0 Å². The molecule has 0 fully saturated rings. The second-order valence-electron chi connectivity index (χ2n) is 4.52. The summed E-state index contributed by atoms with van der Waals surface area (Å²) in [6, 6.07) is 11.9. The Morgan fingerprint density at radius 3 is 2.95 bits per heavy atom. The fourth-order valence-corrected chi connectivity index (χ4v) is 2.28. The first-order valence-corrected chi connectivity index (χ1v) is 7.20. The zero-order valence-corrected chi connectivity index (χ0v) is 12.9. The van der Waals surface area contributed by atoms with E-state index in [0.717, 1.165) is 21.6 Å². The average Bonchev–Trinajstić information content (AvgIpc) is 2.88. The Morgan fingerprint density at radius 1 is 1.35 bits per heavy atom. The lowest BCUT2D eigenvalue weighted by Gasteiger charge is -2.09. The zero-order chi connectivity index (χ0) is 14.4. The molecule has 0 spiro atoms. The molecule has 2 rings (SSSR count). The summed E-state index contributed by atoms with van der Waals surface area (Å²) >= 11 is 3.45. The van der Waals surface area contributed by atoms with E-state index in [1.165, 1.54) is 0 Å². The number of halogens is 1. The molecule has 0 bridgehead atoms. The third kappa shape index (κ3) is 4.45. The van der Waals surface area contributed by atoms with Gasteiger partial charge in [-0.05, 0) is 24.3 Å². The number of hydrogen-bond acceptors (Lipinski definition) is 4. The number of rotatable bonds is 7. The van der Waals surface area contributed by atoms with Crippen molar-refractivity contribution in [1.82, 2.24) is 5.32 Å². The van der Waals surface area contributed by atoms with Gasteiger partial charge in [-0.15, -0.1) is 0 Å². The third-order valence-electron chi connectivity index (χ3n) is 2.81. The molecule has 0 aliphatic rings. The molecule has 1 atom stereocenters. The smallest absolute Gasteiger partial charge is 0.134 e. The van der Waals surface area contributed by atoms with Gasteiger partial charge in [-0.2, -0.15) is 0 Å². The Hall–Kier alpha value is -1.14. The van der Waals surface area contributed by atoms with Crippen molar-refractivity contribution < 1.29 is 14.3 Å². The predicted molar refractivity (Wildman–Crippen MR) is 81.4 cm³/mol. The highest BCUT2D eigenvalue weighted by Crippen LogP contribution is 2.24. The van der Waals surface area contributed by atoms with Crippen LogP contribution in [0, 0.1) is 0 Å². The molecule has 0 saturated carbocycles. The van der Waals surface area contributed by atoms with E-state index in [1.54, 1.807) is 7.11 Å². The van der Waals surface area contributed by atoms with Gasteiger partial charge < -0.3 is 19.6 Å². The summed E-state index contributed by atoms with van der Waals surface area (Å²) in [6.45, 7) is 1.38. The molecule has 1 unspecified atom stereocenters. The topological polar surface area (TPSA) is 54.6 Å². The molecule has 0 radical (unpaired) electrons. The van der Waals surface area contributed by atoms with Crippen molar-refractivity contribution in [3.05, 3.63) is 46.6 Å². The van der Waals surface area contributed by atoms with Gasteiger partial charge in [-0.25, -0.2) is 0 Å². The van der Waals surface area contributed by atoms with Crippen LogP contribution in [0.2, 0.25) is 0 Å². The first-order valence-electron chi connectivity index (χ1n) is 6.41. The number of hydrogen-bond donors (Lipinski definition) is 2. The first-order chi connectivity index (χ1) is 9.69. The standard InChI is InChI=1S/C15H18BrNO3/c1-19-10-13(18)8-17-9-14-5-6-15(20-14)11-3-2-4-12(16)7-11/h2-7,13,17-18H,8-10H2,1H3. The van der Waals surface area contributed by atoms with E-state index in [4.69, 9.17) is 9.15 Å². The zero-order valence-electron chi connectivity index (χ0n) is 11.3. The fraction of sp³-hybridized carbons (Fsp3) is 0.333. The quantitative estimate of drug-likeness (QED) is 0.814. The van der Waals surface area contributed by atoms with Crippen LogP contribution in [0.1, 0.15) is 5.76 Å². The molecule has 0 amide bonds. The first kappa shape index (κ1) is 15.3. The van der Waals surface area contributed by atoms with Gasteiger partial charge in [-0.1, -0.05) is 28.1 Å². The van der Waals surface area contributed by atoms with Crippen molar-refractivity contribution in [3.8, 4) is 11.3 Å². The maximum atomic E-state index is 9.52. The van der Waals surface area contributed by atoms with Gasteiger partial charge in [0.1, 0.15) is 11.5 Å². The summed E-state index contributed by atoms with van der Waals surface area (Å²) in [7, 11) is 1.57. The molecule has 1 aromatic heterocycles. The molecular weight excluding hydrogens is 322 g/mol. The summed E-state index contributed by atoms with van der Waals surface area (Å²) in [6.07, 6.45) is -0.500. The molecule has 5 heteroatoms. The lowest BCUT2D eigenvalue weighted by Crippen LogP contribution is -2.29. The van der Waals surface area contributed by atoms with Gasteiger partial charge in [-0.3, -0.25) is 0 Å². The van der Waals surface area contributed by atoms with Gasteiger partial charge >= 0.3 is 0 Å². The minimum atomic E-state index is -0.500. The van der Waals surface area contributed by atoms with E-state index in [-0.39, 0.29) is 0 Å². The van der Waals surface area contributed by atoms with Crippen molar-refractivity contribution in [1.29, 1.82) is 0 Å². The second kappa shape index (κ2) is 7.59. The normalized spacial score (nSPS) is 12.6. The van der Waals surface area contributed by atoms with Crippen molar-refractivity contribution in [3.63, 3.8) is 0 Å². The Morgan fingerprint density at radius 2 is 2.20 bits per heavy atom. The van der Waals surface area contributed by atoms with E-state index in [2.05, 4.69) is 21.2 Å². The summed E-state index contributed by atoms with van der Waals surface area (Å²) in [5.74, 6) is 1.67. The summed E-state index contributed by atoms with van der Waals surface area (Å²) in [4.78, 5) is 0. The molecular formula is C15H18BrNO3. The van der Waals surface area contributed by atoms with Crippen molar-refractivity contribution in [2.24, 2.45) is 0 Å². The summed E-state index contributed by atoms with van der Waals surface area (Å²) in [5.41, 5.74) is 1.03. The highest BCUT2D eigenvalue weighted by Gasteiger charge is 2.06. The van der Waals surface area contributed by atoms with E-state index in [9.17, 15) is 5.11 Å². The van der Waals surface area contributed by atoms with Gasteiger partial charge in [0.2, 0.25) is 0 Å². The van der Waals surface area contributed by atoms with Crippen LogP contribution in [-0.4, -0.2) is 31.5 Å². The van der Waals surface area contributed by atoms with Gasteiger partial charge in [0.05, 0.1) is 19.3 Å². The number of ether oxygens (including phenoxy) is 1. The molecule has 2 N–H and O–H groups in total. The Labute approximate surface area is 126 Å². The van der Waals surface area contributed by atoms with Crippen molar-refractivity contribution in [2.75, 3.05) is 20.3 Å². The third-order valence-corrected chi connectivity index (χ3v) is 3.30. The highest BCUT2D eigenvalue weighted by molar-refractivity contribution is 9.10. The number of furan rings is 1. The fourth-order valence-electron chi connectivity index (χ4n) is 1.88. The van der Waals surface area contributed by atoms with Crippen molar-refractivity contribution in [2.45, 2.75) is 12.6 Å². The van der Waals surface area contributed by atoms with Gasteiger partial charge in [0, 0.05) is 23.7 Å². The van der Waals surface area contributed by atoms with Crippen molar-refractivity contribution >= 4 is 15.9 Å². The summed E-state index contributed by atoms with van der Waals surface area (Å²) < 4.78 is 11.7. The van der Waals surface area contributed by atoms with Crippen LogP contribution in [-0.2, 0) is 11.3 Å². The Kier molecular flexibility index (Phi) is 5.79. The van der Waals surface area contributed by atoms with Crippen LogP contribution < -0.4 is 5.32 Å². The highest BCUT2D eigenvalue weighted by atomic mass is 79.9. The number of nitrogens with one attached hydrogen (secondary N) is 1. The number of benzene rings is 1. The van der Waals surface area contributed by atoms with Crippen LogP contribution in [0.15, 0.2) is 45.3 Å². The van der Waals surface area contributed by atoms with Crippen LogP contribution >= 0.6 is 15.9 Å². The van der Waals surface area contributed by atoms with Crippen LogP contribution in [0.4, 0.5) is 0 Å². The maximum Gasteiger partial charge on any atom is 0.134 e. The minimum absolute atomic E-state index is 0.328. The molecule has 0 aliphatic carbocycles. The molecule has 108 valence electrons. The number of aliphatic hydroxyl groups excluding tert-OH is 1. The molecule has 1 aromatic carbocycles. The monoisotopic (exact) mass is 339 g/mol. The van der Waals surface area contributed by atoms with Crippen LogP contribution in [0.25, 0.3) is 11.3 Å². The average molecular weight is 340 g/mol. The van der Waals surface area contributed by atoms with Crippen LogP contribution in [0.5, 0.6) is 0 Å². The van der Waals surface area contributed by atoms with E-state index < -0.39 is 6.10 Å². The van der Waals surface area contributed by atoms with E-state index in [0.29, 0.717) is 19.7 Å². The Balaban J connectivity index is 1.89. The predicted octanol–water partition coefficient (Wildman–Crippen LogP) is 2.81. The number of methoxy groups -OCH3 is 1. The maximum absolute atomic E-state index is 9.52. The molecule has 0 saturated heterocycles. The van der Waals surface area contributed by atoms with E-state index >= 15 is 0 Å². The lowest BCUT2D eigenvalue weighted by molar-refractivity contribution is 0.0641. The molecule has 2 aromatic rings. The lowest BCUT2D eigenvalue weighted by atomic mass is 10.2. The molecule has 1 heterocycles. The Bertz CT molecular complexity index is 541. The summed E-state index contributed by atoms with van der Waals surface area (Å²) in [5, 5.41) is 12.6. The van der Waals surface area contributed by atoms with Gasteiger partial charge in [0.15, 0.2) is 0 Å². The number of aliphatic hydroxyl groups is 1. The minimum Gasteiger partial charge on any atom is -0.460 e. The largest absolute Gasteiger partial charge is 0.460 e. The van der Waals surface area contributed by atoms with Crippen LogP contribution in [0.3, 0.4) is 0 Å². The second-order valence-corrected chi connectivity index (χ2v) is 5.43. The van der Waals surface area contributed by atoms with E-state index in [1.807, 2.05) is 36.4 Å². The molecule has 0 aliphatic heterocycles.